The van der Waals surface area contributed by atoms with Crippen LogP contribution in [0.3, 0.4) is 0 Å². The number of carbonyl (C=O) groups excluding carboxylic acids is 3. The smallest absolute Gasteiger partial charge is 0.229 e. The molecule has 1 saturated heterocycles. The predicted molar refractivity (Wildman–Crippen MR) is 52.1 cm³/mol. The van der Waals surface area contributed by atoms with Gasteiger partial charge in [-0.3, -0.25) is 19.3 Å². The SMILES string of the molecule is CC(=O)CCOCCN1C(=O)CCC1=O. The fourth-order valence-corrected chi connectivity index (χ4v) is 1.35. The van der Waals surface area contributed by atoms with Crippen molar-refractivity contribution in [2.75, 3.05) is 19.8 Å². The lowest BCUT2D eigenvalue weighted by Gasteiger charge is -2.13. The molecule has 0 saturated carbocycles. The van der Waals surface area contributed by atoms with E-state index in [-0.39, 0.29) is 17.6 Å². The van der Waals surface area contributed by atoms with E-state index in [4.69, 9.17) is 4.74 Å². The van der Waals surface area contributed by atoms with E-state index in [0.717, 1.165) is 0 Å². The monoisotopic (exact) mass is 213 g/mol. The van der Waals surface area contributed by atoms with Gasteiger partial charge in [-0.05, 0) is 6.92 Å². The van der Waals surface area contributed by atoms with E-state index >= 15 is 0 Å². The summed E-state index contributed by atoms with van der Waals surface area (Å²) in [5.41, 5.74) is 0. The number of ketones is 1. The Labute approximate surface area is 88.4 Å². The Balaban J connectivity index is 2.12. The van der Waals surface area contributed by atoms with Crippen molar-refractivity contribution in [3.63, 3.8) is 0 Å². The lowest BCUT2D eigenvalue weighted by atomic mass is 10.3. The van der Waals surface area contributed by atoms with E-state index in [0.29, 0.717) is 39.0 Å². The minimum absolute atomic E-state index is 0.0725. The van der Waals surface area contributed by atoms with Crippen LogP contribution in [0.15, 0.2) is 0 Å². The maximum atomic E-state index is 11.2. The van der Waals surface area contributed by atoms with Crippen LogP contribution >= 0.6 is 0 Å². The third kappa shape index (κ3) is 3.79. The second kappa shape index (κ2) is 5.60. The zero-order chi connectivity index (χ0) is 11.3. The lowest BCUT2D eigenvalue weighted by molar-refractivity contribution is -0.139. The van der Waals surface area contributed by atoms with E-state index < -0.39 is 0 Å². The van der Waals surface area contributed by atoms with Gasteiger partial charge in [0.1, 0.15) is 5.78 Å². The third-order valence-electron chi connectivity index (χ3n) is 2.21. The zero-order valence-corrected chi connectivity index (χ0v) is 8.82. The van der Waals surface area contributed by atoms with Gasteiger partial charge in [0.2, 0.25) is 11.8 Å². The summed E-state index contributed by atoms with van der Waals surface area (Å²) in [6, 6.07) is 0. The summed E-state index contributed by atoms with van der Waals surface area (Å²) in [4.78, 5) is 34.1. The van der Waals surface area contributed by atoms with Gasteiger partial charge in [0.15, 0.2) is 0 Å². The number of hydrogen-bond donors (Lipinski definition) is 0. The molecule has 0 radical (unpaired) electrons. The van der Waals surface area contributed by atoms with Crippen LogP contribution < -0.4 is 0 Å². The Morgan fingerprint density at radius 3 is 2.40 bits per heavy atom. The van der Waals surface area contributed by atoms with Gasteiger partial charge in [0.05, 0.1) is 19.8 Å². The highest BCUT2D eigenvalue weighted by atomic mass is 16.5. The molecule has 15 heavy (non-hydrogen) atoms. The van der Waals surface area contributed by atoms with Crippen molar-refractivity contribution >= 4 is 17.6 Å². The molecule has 5 heteroatoms. The molecule has 1 rings (SSSR count). The Bertz CT molecular complexity index is 259. The van der Waals surface area contributed by atoms with E-state index in [1.54, 1.807) is 0 Å². The Hall–Kier alpha value is -1.23. The standard InChI is InChI=1S/C10H15NO4/c1-8(12)4-6-15-7-5-11-9(13)2-3-10(11)14/h2-7H2,1H3. The Morgan fingerprint density at radius 1 is 1.27 bits per heavy atom. The van der Waals surface area contributed by atoms with Crippen molar-refractivity contribution < 1.29 is 19.1 Å². The van der Waals surface area contributed by atoms with Gasteiger partial charge in [-0.15, -0.1) is 0 Å². The molecule has 0 atom stereocenters. The predicted octanol–water partition coefficient (Wildman–Crippen LogP) is 0.131. The average molecular weight is 213 g/mol. The minimum atomic E-state index is -0.129. The molecule has 1 aliphatic rings. The van der Waals surface area contributed by atoms with Crippen LogP contribution in [0.25, 0.3) is 0 Å². The first-order valence-electron chi connectivity index (χ1n) is 5.01. The average Bonchev–Trinajstić information content (AvgIpc) is 2.47. The number of amides is 2. The van der Waals surface area contributed by atoms with Gasteiger partial charge in [0.25, 0.3) is 0 Å². The molecule has 0 spiro atoms. The van der Waals surface area contributed by atoms with Crippen molar-refractivity contribution in [1.82, 2.24) is 4.90 Å². The van der Waals surface area contributed by atoms with Crippen LogP contribution in [0.5, 0.6) is 0 Å². The molecule has 0 aromatic carbocycles. The fourth-order valence-electron chi connectivity index (χ4n) is 1.35. The number of hydrogen-bond acceptors (Lipinski definition) is 4. The number of nitrogens with zero attached hydrogens (tertiary/aromatic N) is 1. The number of carbonyl (C=O) groups is 3. The van der Waals surface area contributed by atoms with E-state index in [9.17, 15) is 14.4 Å². The topological polar surface area (TPSA) is 63.7 Å². The molecule has 0 N–H and O–H groups in total. The lowest BCUT2D eigenvalue weighted by Crippen LogP contribution is -2.32. The number of rotatable bonds is 6. The molecular weight excluding hydrogens is 198 g/mol. The second-order valence-electron chi connectivity index (χ2n) is 3.50. The summed E-state index contributed by atoms with van der Waals surface area (Å²) >= 11 is 0. The molecule has 84 valence electrons. The number of ether oxygens (including phenoxy) is 1. The maximum absolute atomic E-state index is 11.2. The number of Topliss-reactive ketones (excluding diaryl/α,β-unsaturated/α-hetero) is 1. The summed E-state index contributed by atoms with van der Waals surface area (Å²) in [6.45, 7) is 2.46. The molecule has 0 unspecified atom stereocenters. The Morgan fingerprint density at radius 2 is 1.87 bits per heavy atom. The summed E-state index contributed by atoms with van der Waals surface area (Å²) in [7, 11) is 0. The molecule has 0 aromatic heterocycles. The molecule has 5 nitrogen and oxygen atoms in total. The highest BCUT2D eigenvalue weighted by molar-refractivity contribution is 6.01. The first kappa shape index (κ1) is 11.8. The quantitative estimate of drug-likeness (QED) is 0.464. The van der Waals surface area contributed by atoms with Crippen LogP contribution in [0, 0.1) is 0 Å². The normalized spacial score (nSPS) is 16.2. The number of likely N-dealkylation sites (tertiary alicyclic amines) is 1. The van der Waals surface area contributed by atoms with Gasteiger partial charge >= 0.3 is 0 Å². The fraction of sp³-hybridized carbons (Fsp3) is 0.700. The van der Waals surface area contributed by atoms with Crippen LogP contribution in [-0.2, 0) is 19.1 Å². The summed E-state index contributed by atoms with van der Waals surface area (Å²) in [6.07, 6.45) is 1.00. The van der Waals surface area contributed by atoms with Crippen LogP contribution in [-0.4, -0.2) is 42.3 Å². The first-order chi connectivity index (χ1) is 7.11. The summed E-state index contributed by atoms with van der Waals surface area (Å²) in [5.74, 6) is -0.186. The minimum Gasteiger partial charge on any atom is -0.379 e. The molecule has 2 amide bonds. The van der Waals surface area contributed by atoms with E-state index in [1.165, 1.54) is 11.8 Å². The van der Waals surface area contributed by atoms with Crippen LogP contribution in [0.1, 0.15) is 26.2 Å². The first-order valence-corrected chi connectivity index (χ1v) is 5.01. The third-order valence-corrected chi connectivity index (χ3v) is 2.21. The van der Waals surface area contributed by atoms with Gasteiger partial charge in [0, 0.05) is 19.3 Å². The van der Waals surface area contributed by atoms with Crippen molar-refractivity contribution in [2.45, 2.75) is 26.2 Å². The summed E-state index contributed by atoms with van der Waals surface area (Å²) < 4.78 is 5.14. The van der Waals surface area contributed by atoms with Gasteiger partial charge in [-0.2, -0.15) is 0 Å². The van der Waals surface area contributed by atoms with Crippen LogP contribution in [0.4, 0.5) is 0 Å². The van der Waals surface area contributed by atoms with Crippen molar-refractivity contribution in [3.05, 3.63) is 0 Å². The molecule has 1 fully saturated rings. The molecule has 0 bridgehead atoms. The van der Waals surface area contributed by atoms with Crippen LogP contribution in [0.2, 0.25) is 0 Å². The summed E-state index contributed by atoms with van der Waals surface area (Å²) in [5, 5.41) is 0. The highest BCUT2D eigenvalue weighted by Gasteiger charge is 2.27. The maximum Gasteiger partial charge on any atom is 0.229 e. The Kier molecular flexibility index (Phi) is 4.42. The molecule has 0 aromatic rings. The van der Waals surface area contributed by atoms with E-state index in [1.807, 2.05) is 0 Å². The van der Waals surface area contributed by atoms with Gasteiger partial charge in [-0.25, -0.2) is 0 Å². The molecule has 1 heterocycles. The van der Waals surface area contributed by atoms with E-state index in [2.05, 4.69) is 0 Å². The molecule has 0 aliphatic carbocycles. The van der Waals surface area contributed by atoms with Crippen molar-refractivity contribution in [2.24, 2.45) is 0 Å². The van der Waals surface area contributed by atoms with Crippen molar-refractivity contribution in [3.8, 4) is 0 Å². The molecular formula is C10H15NO4. The largest absolute Gasteiger partial charge is 0.379 e. The van der Waals surface area contributed by atoms with Crippen molar-refractivity contribution in [1.29, 1.82) is 0 Å². The van der Waals surface area contributed by atoms with Gasteiger partial charge < -0.3 is 4.74 Å². The zero-order valence-electron chi connectivity index (χ0n) is 8.82. The highest BCUT2D eigenvalue weighted by Crippen LogP contribution is 2.10. The second-order valence-corrected chi connectivity index (χ2v) is 3.50. The number of imide groups is 1. The molecule has 1 aliphatic heterocycles. The van der Waals surface area contributed by atoms with Gasteiger partial charge in [-0.1, -0.05) is 0 Å².